The number of pyridine rings is 1. The van der Waals surface area contributed by atoms with Crippen LogP contribution in [0.3, 0.4) is 0 Å². The number of fused-ring (bicyclic) bond motifs is 1. The van der Waals surface area contributed by atoms with Crippen LogP contribution in [-0.4, -0.2) is 25.9 Å². The molecule has 27 heavy (non-hydrogen) atoms. The molecule has 3 aromatic rings. The molecule has 0 spiro atoms. The molecule has 0 saturated heterocycles. The first-order valence-corrected chi connectivity index (χ1v) is 8.10. The highest BCUT2D eigenvalue weighted by Crippen LogP contribution is 2.33. The van der Waals surface area contributed by atoms with E-state index in [1.807, 2.05) is 37.3 Å². The molecular formula is C18H13F3N4O2. The molecule has 1 amide bonds. The van der Waals surface area contributed by atoms with E-state index < -0.39 is 12.1 Å². The summed E-state index contributed by atoms with van der Waals surface area (Å²) in [6.07, 6.45) is -3.39. The Kier molecular flexibility index (Phi) is 3.94. The van der Waals surface area contributed by atoms with Gasteiger partial charge in [0.15, 0.2) is 0 Å². The van der Waals surface area contributed by atoms with Crippen molar-refractivity contribution in [3.63, 3.8) is 0 Å². The van der Waals surface area contributed by atoms with E-state index in [0.29, 0.717) is 17.8 Å². The van der Waals surface area contributed by atoms with Gasteiger partial charge in [0.1, 0.15) is 0 Å². The van der Waals surface area contributed by atoms with E-state index in [-0.39, 0.29) is 23.3 Å². The van der Waals surface area contributed by atoms with Gasteiger partial charge in [-0.3, -0.25) is 9.78 Å². The van der Waals surface area contributed by atoms with Crippen molar-refractivity contribution in [3.05, 3.63) is 65.3 Å². The molecule has 2 aromatic heterocycles. The molecule has 0 bridgehead atoms. The third kappa shape index (κ3) is 3.05. The van der Waals surface area contributed by atoms with E-state index in [9.17, 15) is 18.0 Å². The molecule has 9 heteroatoms. The number of benzene rings is 1. The average molecular weight is 374 g/mol. The maximum absolute atomic E-state index is 12.8. The minimum atomic E-state index is -4.73. The van der Waals surface area contributed by atoms with E-state index in [1.165, 1.54) is 12.3 Å². The molecule has 0 unspecified atom stereocenters. The topological polar surface area (TPSA) is 72.1 Å². The zero-order valence-electron chi connectivity index (χ0n) is 14.1. The van der Waals surface area contributed by atoms with Crippen LogP contribution in [0, 0.1) is 0 Å². The van der Waals surface area contributed by atoms with Crippen molar-refractivity contribution < 1.29 is 22.5 Å². The molecule has 1 aliphatic rings. The summed E-state index contributed by atoms with van der Waals surface area (Å²) in [7, 11) is 0. The Morgan fingerprint density at radius 2 is 1.96 bits per heavy atom. The standard InChI is InChI=1S/C18H13F3N4O2/c1-10(11-5-3-2-4-6-11)25-9-14-13(16(25)26)7-12(8-22-14)15-23-17(27-24-15)18(19,20)21/h2-8,10H,9H2,1H3/t10-/m1/s1. The van der Waals surface area contributed by atoms with Gasteiger partial charge in [-0.2, -0.15) is 18.2 Å². The maximum Gasteiger partial charge on any atom is 0.471 e. The lowest BCUT2D eigenvalue weighted by atomic mass is 10.1. The summed E-state index contributed by atoms with van der Waals surface area (Å²) < 4.78 is 42.1. The zero-order valence-corrected chi connectivity index (χ0v) is 14.1. The van der Waals surface area contributed by atoms with Gasteiger partial charge in [0.05, 0.1) is 23.8 Å². The SMILES string of the molecule is C[C@H](c1ccccc1)N1Cc2ncc(-c3noc(C(F)(F)F)n3)cc2C1=O. The van der Waals surface area contributed by atoms with Crippen molar-refractivity contribution in [1.29, 1.82) is 0 Å². The fourth-order valence-corrected chi connectivity index (χ4v) is 2.99. The first-order valence-electron chi connectivity index (χ1n) is 8.10. The van der Waals surface area contributed by atoms with Crippen molar-refractivity contribution >= 4 is 5.91 Å². The van der Waals surface area contributed by atoms with Gasteiger partial charge in [-0.05, 0) is 18.6 Å². The van der Waals surface area contributed by atoms with Gasteiger partial charge in [0.25, 0.3) is 5.91 Å². The first-order chi connectivity index (χ1) is 12.8. The molecule has 0 aliphatic carbocycles. The summed E-state index contributed by atoms with van der Waals surface area (Å²) in [6, 6.07) is 10.8. The van der Waals surface area contributed by atoms with Gasteiger partial charge in [0.2, 0.25) is 5.82 Å². The smallest absolute Gasteiger partial charge is 0.329 e. The Hall–Kier alpha value is -3.23. The molecule has 1 aliphatic heterocycles. The number of nitrogens with zero attached hydrogens (tertiary/aromatic N) is 4. The second-order valence-electron chi connectivity index (χ2n) is 6.16. The molecule has 138 valence electrons. The van der Waals surface area contributed by atoms with E-state index in [1.54, 1.807) is 4.90 Å². The number of hydrogen-bond donors (Lipinski definition) is 0. The Morgan fingerprint density at radius 1 is 1.22 bits per heavy atom. The second-order valence-corrected chi connectivity index (χ2v) is 6.16. The first kappa shape index (κ1) is 17.2. The Morgan fingerprint density at radius 3 is 2.63 bits per heavy atom. The van der Waals surface area contributed by atoms with Gasteiger partial charge in [-0.1, -0.05) is 35.5 Å². The zero-order chi connectivity index (χ0) is 19.2. The van der Waals surface area contributed by atoms with Crippen LogP contribution in [0.1, 0.15) is 40.5 Å². The largest absolute Gasteiger partial charge is 0.471 e. The minimum Gasteiger partial charge on any atom is -0.329 e. The molecule has 4 rings (SSSR count). The number of amides is 1. The normalized spacial score (nSPS) is 15.1. The third-order valence-corrected chi connectivity index (χ3v) is 4.46. The van der Waals surface area contributed by atoms with Crippen LogP contribution < -0.4 is 0 Å². The fourth-order valence-electron chi connectivity index (χ4n) is 2.99. The van der Waals surface area contributed by atoms with Crippen molar-refractivity contribution in [2.24, 2.45) is 0 Å². The quantitative estimate of drug-likeness (QED) is 0.696. The highest BCUT2D eigenvalue weighted by Gasteiger charge is 2.39. The number of halogens is 3. The molecule has 0 N–H and O–H groups in total. The van der Waals surface area contributed by atoms with Crippen LogP contribution in [0.5, 0.6) is 0 Å². The van der Waals surface area contributed by atoms with Crippen LogP contribution in [0.15, 0.2) is 47.1 Å². The predicted molar refractivity (Wildman–Crippen MR) is 87.3 cm³/mol. The summed E-state index contributed by atoms with van der Waals surface area (Å²) in [6.45, 7) is 2.24. The van der Waals surface area contributed by atoms with Crippen LogP contribution in [0.4, 0.5) is 13.2 Å². The number of carbonyl (C=O) groups is 1. The monoisotopic (exact) mass is 374 g/mol. The van der Waals surface area contributed by atoms with Gasteiger partial charge >= 0.3 is 12.1 Å². The molecule has 1 aromatic carbocycles. The molecule has 1 atom stereocenters. The van der Waals surface area contributed by atoms with Crippen LogP contribution in [0.25, 0.3) is 11.4 Å². The predicted octanol–water partition coefficient (Wildman–Crippen LogP) is 3.87. The summed E-state index contributed by atoms with van der Waals surface area (Å²) >= 11 is 0. The molecule has 6 nitrogen and oxygen atoms in total. The number of aromatic nitrogens is 3. The number of alkyl halides is 3. The lowest BCUT2D eigenvalue weighted by Gasteiger charge is -2.24. The summed E-state index contributed by atoms with van der Waals surface area (Å²) in [5.41, 5.74) is 2.06. The minimum absolute atomic E-state index is 0.168. The van der Waals surface area contributed by atoms with Crippen molar-refractivity contribution in [1.82, 2.24) is 20.0 Å². The van der Waals surface area contributed by atoms with E-state index in [4.69, 9.17) is 0 Å². The Labute approximate surface area is 151 Å². The van der Waals surface area contributed by atoms with E-state index >= 15 is 0 Å². The lowest BCUT2D eigenvalue weighted by Crippen LogP contribution is -2.27. The molecule has 0 radical (unpaired) electrons. The van der Waals surface area contributed by atoms with Crippen LogP contribution in [-0.2, 0) is 12.7 Å². The number of hydrogen-bond acceptors (Lipinski definition) is 5. The van der Waals surface area contributed by atoms with Crippen molar-refractivity contribution in [2.45, 2.75) is 25.7 Å². The summed E-state index contributed by atoms with van der Waals surface area (Å²) in [4.78, 5) is 22.0. The summed E-state index contributed by atoms with van der Waals surface area (Å²) in [5, 5.41) is 3.33. The van der Waals surface area contributed by atoms with E-state index in [2.05, 4.69) is 19.6 Å². The number of rotatable bonds is 3. The second kappa shape index (κ2) is 6.19. The fraction of sp³-hybridized carbons (Fsp3) is 0.222. The molecule has 0 fully saturated rings. The molecule has 0 saturated carbocycles. The van der Waals surface area contributed by atoms with Crippen molar-refractivity contribution in [3.8, 4) is 11.4 Å². The molecular weight excluding hydrogens is 361 g/mol. The third-order valence-electron chi connectivity index (χ3n) is 4.46. The highest BCUT2D eigenvalue weighted by molar-refractivity contribution is 5.99. The highest BCUT2D eigenvalue weighted by atomic mass is 19.4. The van der Waals surface area contributed by atoms with Crippen LogP contribution >= 0.6 is 0 Å². The maximum atomic E-state index is 12.8. The Balaban J connectivity index is 1.63. The van der Waals surface area contributed by atoms with Gasteiger partial charge in [0, 0.05) is 11.8 Å². The van der Waals surface area contributed by atoms with E-state index in [0.717, 1.165) is 5.56 Å². The van der Waals surface area contributed by atoms with Gasteiger partial charge in [-0.25, -0.2) is 0 Å². The number of carbonyl (C=O) groups excluding carboxylic acids is 1. The molecule has 3 heterocycles. The van der Waals surface area contributed by atoms with Gasteiger partial charge < -0.3 is 9.42 Å². The average Bonchev–Trinajstić information content (AvgIpc) is 3.27. The Bertz CT molecular complexity index is 1000. The van der Waals surface area contributed by atoms with Crippen molar-refractivity contribution in [2.75, 3.05) is 0 Å². The lowest BCUT2D eigenvalue weighted by molar-refractivity contribution is -0.159. The van der Waals surface area contributed by atoms with Crippen LogP contribution in [0.2, 0.25) is 0 Å². The summed E-state index contributed by atoms with van der Waals surface area (Å²) in [5.74, 6) is -1.95. The van der Waals surface area contributed by atoms with Gasteiger partial charge in [-0.15, -0.1) is 0 Å².